The summed E-state index contributed by atoms with van der Waals surface area (Å²) in [5.74, 6) is 0. The van der Waals surface area contributed by atoms with Crippen molar-refractivity contribution < 1.29 is 9.53 Å². The van der Waals surface area contributed by atoms with Crippen LogP contribution in [0.1, 0.15) is 18.4 Å². The fourth-order valence-electron chi connectivity index (χ4n) is 2.28. The average Bonchev–Trinajstić information content (AvgIpc) is 2.32. The normalized spacial score (nSPS) is 19.5. The highest BCUT2D eigenvalue weighted by Gasteiger charge is 2.22. The van der Waals surface area contributed by atoms with Crippen LogP contribution in [0.5, 0.6) is 0 Å². The van der Waals surface area contributed by atoms with Crippen molar-refractivity contribution >= 4 is 30.1 Å². The Labute approximate surface area is 124 Å². The molecule has 1 fully saturated rings. The van der Waals surface area contributed by atoms with Gasteiger partial charge < -0.3 is 10.5 Å². The average molecular weight is 305 g/mol. The van der Waals surface area contributed by atoms with Crippen molar-refractivity contribution in [1.82, 2.24) is 4.90 Å². The largest absolute Gasteiger partial charge is 0.445 e. The Balaban J connectivity index is 0.00000180. The SMILES string of the molecule is Cl.NC(=O)OC1CCCN(Cc2ccccc2Cl)C1. The summed E-state index contributed by atoms with van der Waals surface area (Å²) in [6, 6.07) is 7.79. The number of primary amides is 1. The van der Waals surface area contributed by atoms with Crippen molar-refractivity contribution in [3.05, 3.63) is 34.9 Å². The molecule has 1 unspecified atom stereocenters. The van der Waals surface area contributed by atoms with Gasteiger partial charge in [-0.2, -0.15) is 0 Å². The molecule has 106 valence electrons. The third-order valence-electron chi connectivity index (χ3n) is 3.10. The van der Waals surface area contributed by atoms with Crippen LogP contribution < -0.4 is 5.73 Å². The molecule has 4 nitrogen and oxygen atoms in total. The topological polar surface area (TPSA) is 55.6 Å². The summed E-state index contributed by atoms with van der Waals surface area (Å²) in [4.78, 5) is 13.0. The second-order valence-corrected chi connectivity index (χ2v) is 4.93. The highest BCUT2D eigenvalue weighted by Crippen LogP contribution is 2.20. The van der Waals surface area contributed by atoms with Gasteiger partial charge in [-0.25, -0.2) is 4.79 Å². The van der Waals surface area contributed by atoms with Crippen molar-refractivity contribution in [3.63, 3.8) is 0 Å². The molecular formula is C13H18Cl2N2O2. The number of likely N-dealkylation sites (tertiary alicyclic amines) is 1. The molecule has 1 amide bonds. The summed E-state index contributed by atoms with van der Waals surface area (Å²) in [7, 11) is 0. The van der Waals surface area contributed by atoms with Gasteiger partial charge in [0.25, 0.3) is 0 Å². The zero-order valence-corrected chi connectivity index (χ0v) is 12.1. The van der Waals surface area contributed by atoms with Crippen LogP contribution in [0.15, 0.2) is 24.3 Å². The van der Waals surface area contributed by atoms with E-state index in [1.807, 2.05) is 24.3 Å². The quantitative estimate of drug-likeness (QED) is 0.934. The number of halogens is 2. The third-order valence-corrected chi connectivity index (χ3v) is 3.47. The van der Waals surface area contributed by atoms with E-state index >= 15 is 0 Å². The minimum atomic E-state index is -0.695. The highest BCUT2D eigenvalue weighted by atomic mass is 35.5. The van der Waals surface area contributed by atoms with Crippen LogP contribution in [0.2, 0.25) is 5.02 Å². The predicted molar refractivity (Wildman–Crippen MR) is 77.7 cm³/mol. The van der Waals surface area contributed by atoms with E-state index in [-0.39, 0.29) is 18.5 Å². The van der Waals surface area contributed by atoms with Gasteiger partial charge in [-0.05, 0) is 31.0 Å². The number of hydrogen-bond donors (Lipinski definition) is 1. The Morgan fingerprint density at radius 3 is 2.89 bits per heavy atom. The molecule has 1 aromatic rings. The highest BCUT2D eigenvalue weighted by molar-refractivity contribution is 6.31. The number of benzene rings is 1. The second-order valence-electron chi connectivity index (χ2n) is 4.53. The maximum atomic E-state index is 10.7. The van der Waals surface area contributed by atoms with Crippen LogP contribution in [0.25, 0.3) is 0 Å². The molecule has 1 aliphatic rings. The first kappa shape index (κ1) is 16.1. The van der Waals surface area contributed by atoms with Crippen molar-refractivity contribution in [3.8, 4) is 0 Å². The van der Waals surface area contributed by atoms with Crippen molar-refractivity contribution in [2.75, 3.05) is 13.1 Å². The number of nitrogens with zero attached hydrogens (tertiary/aromatic N) is 1. The lowest BCUT2D eigenvalue weighted by Crippen LogP contribution is -2.40. The molecule has 1 aromatic carbocycles. The van der Waals surface area contributed by atoms with Gasteiger partial charge in [0.15, 0.2) is 0 Å². The Morgan fingerprint density at radius 1 is 1.47 bits per heavy atom. The summed E-state index contributed by atoms with van der Waals surface area (Å²) >= 11 is 6.13. The lowest BCUT2D eigenvalue weighted by Gasteiger charge is -2.32. The fraction of sp³-hybridized carbons (Fsp3) is 0.462. The Morgan fingerprint density at radius 2 is 2.21 bits per heavy atom. The minimum absolute atomic E-state index is 0. The molecule has 0 bridgehead atoms. The molecule has 2 N–H and O–H groups in total. The fourth-order valence-corrected chi connectivity index (χ4v) is 2.48. The smallest absolute Gasteiger partial charge is 0.404 e. The van der Waals surface area contributed by atoms with Gasteiger partial charge in [0, 0.05) is 18.1 Å². The summed E-state index contributed by atoms with van der Waals surface area (Å²) in [6.07, 6.45) is 1.09. The van der Waals surface area contributed by atoms with Gasteiger partial charge in [0.05, 0.1) is 0 Å². The van der Waals surface area contributed by atoms with Crippen LogP contribution in [-0.2, 0) is 11.3 Å². The first-order chi connectivity index (χ1) is 8.65. The van der Waals surface area contributed by atoms with Crippen molar-refractivity contribution in [2.45, 2.75) is 25.5 Å². The summed E-state index contributed by atoms with van der Waals surface area (Å²) < 4.78 is 5.05. The van der Waals surface area contributed by atoms with Gasteiger partial charge in [-0.1, -0.05) is 29.8 Å². The number of rotatable bonds is 3. The van der Waals surface area contributed by atoms with Gasteiger partial charge in [0.2, 0.25) is 0 Å². The van der Waals surface area contributed by atoms with E-state index in [2.05, 4.69) is 4.90 Å². The lowest BCUT2D eigenvalue weighted by molar-refractivity contribution is 0.0447. The summed E-state index contributed by atoms with van der Waals surface area (Å²) in [5.41, 5.74) is 6.14. The minimum Gasteiger partial charge on any atom is -0.445 e. The Hall–Kier alpha value is -0.970. The van der Waals surface area contributed by atoms with Crippen LogP contribution in [0.4, 0.5) is 4.79 Å². The first-order valence-electron chi connectivity index (χ1n) is 6.07. The van der Waals surface area contributed by atoms with Crippen molar-refractivity contribution in [2.24, 2.45) is 5.73 Å². The molecule has 0 spiro atoms. The molecule has 0 aromatic heterocycles. The van der Waals surface area contributed by atoms with E-state index in [0.717, 1.165) is 36.5 Å². The molecule has 19 heavy (non-hydrogen) atoms. The Kier molecular flexibility index (Phi) is 6.42. The van der Waals surface area contributed by atoms with Crippen LogP contribution in [0.3, 0.4) is 0 Å². The van der Waals surface area contributed by atoms with Crippen LogP contribution in [0, 0.1) is 0 Å². The van der Waals surface area contributed by atoms with E-state index < -0.39 is 6.09 Å². The molecule has 0 saturated carbocycles. The van der Waals surface area contributed by atoms with Crippen LogP contribution in [-0.4, -0.2) is 30.2 Å². The monoisotopic (exact) mass is 304 g/mol. The maximum absolute atomic E-state index is 10.7. The molecule has 0 aliphatic carbocycles. The zero-order chi connectivity index (χ0) is 13.0. The van der Waals surface area contributed by atoms with Gasteiger partial charge in [-0.3, -0.25) is 4.90 Å². The third kappa shape index (κ3) is 4.90. The standard InChI is InChI=1S/C13H17ClN2O2.ClH/c14-12-6-2-1-4-10(12)8-16-7-3-5-11(9-16)18-13(15)17;/h1-2,4,6,11H,3,5,7-9H2,(H2,15,17);1H. The van der Waals surface area contributed by atoms with E-state index in [1.54, 1.807) is 0 Å². The van der Waals surface area contributed by atoms with E-state index in [4.69, 9.17) is 22.1 Å². The molecule has 1 heterocycles. The van der Waals surface area contributed by atoms with E-state index in [9.17, 15) is 4.79 Å². The maximum Gasteiger partial charge on any atom is 0.404 e. The van der Waals surface area contributed by atoms with Gasteiger partial charge in [0.1, 0.15) is 6.10 Å². The molecule has 2 rings (SSSR count). The molecule has 1 atom stereocenters. The Bertz CT molecular complexity index is 429. The lowest BCUT2D eigenvalue weighted by atomic mass is 10.1. The summed E-state index contributed by atoms with van der Waals surface area (Å²) in [5, 5.41) is 0.774. The van der Waals surface area contributed by atoms with Gasteiger partial charge >= 0.3 is 6.09 Å². The van der Waals surface area contributed by atoms with E-state index in [1.165, 1.54) is 0 Å². The second kappa shape index (κ2) is 7.58. The number of nitrogens with two attached hydrogens (primary N) is 1. The molecule has 1 aliphatic heterocycles. The van der Waals surface area contributed by atoms with Crippen molar-refractivity contribution in [1.29, 1.82) is 0 Å². The number of piperidine rings is 1. The first-order valence-corrected chi connectivity index (χ1v) is 6.45. The molecule has 6 heteroatoms. The summed E-state index contributed by atoms with van der Waals surface area (Å²) in [6.45, 7) is 2.48. The zero-order valence-electron chi connectivity index (χ0n) is 10.5. The number of hydrogen-bond acceptors (Lipinski definition) is 3. The molecule has 1 saturated heterocycles. The molecular weight excluding hydrogens is 287 g/mol. The van der Waals surface area contributed by atoms with E-state index in [0.29, 0.717) is 6.54 Å². The number of carbonyl (C=O) groups is 1. The number of amides is 1. The number of ether oxygens (including phenoxy) is 1. The molecule has 0 radical (unpaired) electrons. The number of carbonyl (C=O) groups excluding carboxylic acids is 1. The van der Waals surface area contributed by atoms with Gasteiger partial charge in [-0.15, -0.1) is 12.4 Å². The van der Waals surface area contributed by atoms with Crippen LogP contribution >= 0.6 is 24.0 Å². The predicted octanol–water partition coefficient (Wildman–Crippen LogP) is 2.82.